The average molecular weight is 344 g/mol. The summed E-state index contributed by atoms with van der Waals surface area (Å²) in [5, 5.41) is 0. The van der Waals surface area contributed by atoms with Crippen molar-refractivity contribution in [2.45, 2.75) is 39.2 Å². The summed E-state index contributed by atoms with van der Waals surface area (Å²) in [6.07, 6.45) is 1.54. The van der Waals surface area contributed by atoms with Crippen molar-refractivity contribution in [1.82, 2.24) is 4.90 Å². The van der Waals surface area contributed by atoms with Gasteiger partial charge in [0.2, 0.25) is 5.91 Å². The molecule has 2 aliphatic heterocycles. The van der Waals surface area contributed by atoms with Crippen molar-refractivity contribution in [1.29, 1.82) is 0 Å². The molecular formula is C19H24N2O4. The van der Waals surface area contributed by atoms with Crippen LogP contribution in [0.3, 0.4) is 0 Å². The van der Waals surface area contributed by atoms with E-state index in [2.05, 4.69) is 0 Å². The van der Waals surface area contributed by atoms with Crippen molar-refractivity contribution in [3.05, 3.63) is 29.8 Å². The van der Waals surface area contributed by atoms with Crippen LogP contribution in [0.25, 0.3) is 0 Å². The van der Waals surface area contributed by atoms with Crippen molar-refractivity contribution in [2.24, 2.45) is 5.92 Å². The monoisotopic (exact) mass is 344 g/mol. The summed E-state index contributed by atoms with van der Waals surface area (Å²) >= 11 is 0. The standard InChI is InChI=1S/C19H24N2O4/c1-3-25-19(24)14-8-10-20(11-9-14)16-12-17(22)21(18(16)23)15-7-5-4-6-13(15)2/h4-7,14,16H,3,8-12H2,1-2H3/t16-/m1/s1. The maximum absolute atomic E-state index is 12.9. The molecule has 0 bridgehead atoms. The van der Waals surface area contributed by atoms with Gasteiger partial charge in [0.15, 0.2) is 0 Å². The number of likely N-dealkylation sites (tertiary alicyclic amines) is 1. The van der Waals surface area contributed by atoms with Crippen LogP contribution in [-0.2, 0) is 19.1 Å². The van der Waals surface area contributed by atoms with E-state index < -0.39 is 6.04 Å². The molecule has 0 aliphatic carbocycles. The Kier molecular flexibility index (Phi) is 5.18. The molecule has 6 nitrogen and oxygen atoms in total. The van der Waals surface area contributed by atoms with E-state index in [4.69, 9.17) is 4.74 Å². The number of ether oxygens (including phenoxy) is 1. The molecule has 1 aromatic carbocycles. The van der Waals surface area contributed by atoms with E-state index in [0.717, 1.165) is 5.56 Å². The molecule has 0 saturated carbocycles. The van der Waals surface area contributed by atoms with Crippen LogP contribution in [0.1, 0.15) is 31.7 Å². The number of carbonyl (C=O) groups is 3. The number of para-hydroxylation sites is 1. The van der Waals surface area contributed by atoms with Crippen molar-refractivity contribution in [2.75, 3.05) is 24.6 Å². The molecule has 2 fully saturated rings. The van der Waals surface area contributed by atoms with E-state index in [1.54, 1.807) is 13.0 Å². The van der Waals surface area contributed by atoms with E-state index in [1.165, 1.54) is 4.90 Å². The van der Waals surface area contributed by atoms with Gasteiger partial charge in [0.1, 0.15) is 0 Å². The van der Waals surface area contributed by atoms with Gasteiger partial charge < -0.3 is 4.74 Å². The lowest BCUT2D eigenvalue weighted by Crippen LogP contribution is -2.47. The first-order valence-corrected chi connectivity index (χ1v) is 8.86. The summed E-state index contributed by atoms with van der Waals surface area (Å²) in [5.74, 6) is -0.570. The third-order valence-corrected chi connectivity index (χ3v) is 5.07. The minimum absolute atomic E-state index is 0.101. The van der Waals surface area contributed by atoms with Crippen LogP contribution in [0.15, 0.2) is 24.3 Å². The van der Waals surface area contributed by atoms with Gasteiger partial charge in [-0.2, -0.15) is 0 Å². The number of nitrogens with zero attached hydrogens (tertiary/aromatic N) is 2. The molecule has 1 aromatic rings. The van der Waals surface area contributed by atoms with Crippen LogP contribution >= 0.6 is 0 Å². The maximum Gasteiger partial charge on any atom is 0.309 e. The number of anilines is 1. The topological polar surface area (TPSA) is 66.9 Å². The second kappa shape index (κ2) is 7.35. The molecule has 2 saturated heterocycles. The summed E-state index contributed by atoms with van der Waals surface area (Å²) in [4.78, 5) is 40.5. The van der Waals surface area contributed by atoms with Crippen LogP contribution in [-0.4, -0.2) is 48.4 Å². The highest BCUT2D eigenvalue weighted by molar-refractivity contribution is 6.22. The number of carbonyl (C=O) groups excluding carboxylic acids is 3. The van der Waals surface area contributed by atoms with Gasteiger partial charge in [-0.1, -0.05) is 18.2 Å². The molecule has 0 spiro atoms. The van der Waals surface area contributed by atoms with Crippen LogP contribution in [0.4, 0.5) is 5.69 Å². The summed E-state index contributed by atoms with van der Waals surface area (Å²) in [7, 11) is 0. The quantitative estimate of drug-likeness (QED) is 0.616. The van der Waals surface area contributed by atoms with Gasteiger partial charge in [-0.05, 0) is 51.4 Å². The van der Waals surface area contributed by atoms with E-state index >= 15 is 0 Å². The molecule has 0 N–H and O–H groups in total. The number of rotatable bonds is 4. The number of esters is 1. The lowest BCUT2D eigenvalue weighted by Gasteiger charge is -2.33. The van der Waals surface area contributed by atoms with E-state index in [1.807, 2.05) is 30.0 Å². The van der Waals surface area contributed by atoms with Crippen molar-refractivity contribution in [3.8, 4) is 0 Å². The molecule has 3 rings (SSSR count). The third kappa shape index (κ3) is 3.44. The Labute approximate surface area is 147 Å². The summed E-state index contributed by atoms with van der Waals surface area (Å²) in [6.45, 7) is 5.35. The second-order valence-corrected chi connectivity index (χ2v) is 6.64. The molecule has 6 heteroatoms. The second-order valence-electron chi connectivity index (χ2n) is 6.64. The Balaban J connectivity index is 1.67. The van der Waals surface area contributed by atoms with Crippen LogP contribution in [0.2, 0.25) is 0 Å². The zero-order valence-electron chi connectivity index (χ0n) is 14.7. The van der Waals surface area contributed by atoms with E-state index in [0.29, 0.717) is 38.2 Å². The van der Waals surface area contributed by atoms with Crippen LogP contribution in [0, 0.1) is 12.8 Å². The average Bonchev–Trinajstić information content (AvgIpc) is 2.90. The highest BCUT2D eigenvalue weighted by Gasteiger charge is 2.44. The van der Waals surface area contributed by atoms with Gasteiger partial charge in [0.25, 0.3) is 5.91 Å². The number of piperidine rings is 1. The molecule has 2 heterocycles. The van der Waals surface area contributed by atoms with Crippen LogP contribution in [0.5, 0.6) is 0 Å². The number of hydrogen-bond donors (Lipinski definition) is 0. The Morgan fingerprint density at radius 3 is 2.52 bits per heavy atom. The Bertz CT molecular complexity index is 680. The van der Waals surface area contributed by atoms with Crippen molar-refractivity contribution >= 4 is 23.5 Å². The lowest BCUT2D eigenvalue weighted by molar-refractivity contribution is -0.149. The smallest absolute Gasteiger partial charge is 0.309 e. The van der Waals surface area contributed by atoms with Crippen molar-refractivity contribution < 1.29 is 19.1 Å². The fourth-order valence-electron chi connectivity index (χ4n) is 3.68. The minimum atomic E-state index is -0.421. The molecule has 0 radical (unpaired) electrons. The van der Waals surface area contributed by atoms with E-state index in [-0.39, 0.29) is 30.1 Å². The fourth-order valence-corrected chi connectivity index (χ4v) is 3.68. The molecule has 2 amide bonds. The van der Waals surface area contributed by atoms with Crippen LogP contribution < -0.4 is 4.90 Å². The first kappa shape index (κ1) is 17.6. The van der Waals surface area contributed by atoms with E-state index in [9.17, 15) is 14.4 Å². The van der Waals surface area contributed by atoms with Gasteiger partial charge in [0, 0.05) is 0 Å². The fraction of sp³-hybridized carbons (Fsp3) is 0.526. The SMILES string of the molecule is CCOC(=O)C1CCN([C@@H]2CC(=O)N(c3ccccc3C)C2=O)CC1. The number of imide groups is 1. The first-order valence-electron chi connectivity index (χ1n) is 8.86. The Hall–Kier alpha value is -2.21. The maximum atomic E-state index is 12.9. The first-order chi connectivity index (χ1) is 12.0. The molecule has 1 atom stereocenters. The number of aryl methyl sites for hydroxylation is 1. The highest BCUT2D eigenvalue weighted by atomic mass is 16.5. The van der Waals surface area contributed by atoms with Gasteiger partial charge in [-0.3, -0.25) is 19.3 Å². The Morgan fingerprint density at radius 1 is 1.20 bits per heavy atom. The largest absolute Gasteiger partial charge is 0.466 e. The molecule has 25 heavy (non-hydrogen) atoms. The zero-order chi connectivity index (χ0) is 18.0. The van der Waals surface area contributed by atoms with Crippen molar-refractivity contribution in [3.63, 3.8) is 0 Å². The molecule has 0 unspecified atom stereocenters. The summed E-state index contributed by atoms with van der Waals surface area (Å²) in [5.41, 5.74) is 1.58. The molecule has 2 aliphatic rings. The lowest BCUT2D eigenvalue weighted by atomic mass is 9.95. The molecular weight excluding hydrogens is 320 g/mol. The Morgan fingerprint density at radius 2 is 1.88 bits per heavy atom. The number of benzene rings is 1. The van der Waals surface area contributed by atoms with Gasteiger partial charge in [0.05, 0.1) is 30.7 Å². The predicted molar refractivity (Wildman–Crippen MR) is 93.0 cm³/mol. The van der Waals surface area contributed by atoms with Gasteiger partial charge in [-0.25, -0.2) is 4.90 Å². The molecule has 0 aromatic heterocycles. The predicted octanol–water partition coefficient (Wildman–Crippen LogP) is 1.90. The summed E-state index contributed by atoms with van der Waals surface area (Å²) < 4.78 is 5.08. The minimum Gasteiger partial charge on any atom is -0.466 e. The number of hydrogen-bond acceptors (Lipinski definition) is 5. The molecule has 134 valence electrons. The van der Waals surface area contributed by atoms with Gasteiger partial charge >= 0.3 is 5.97 Å². The normalized spacial score (nSPS) is 22.5. The zero-order valence-corrected chi connectivity index (χ0v) is 14.7. The summed E-state index contributed by atoms with van der Waals surface area (Å²) in [6, 6.07) is 7.01. The number of amides is 2. The van der Waals surface area contributed by atoms with Gasteiger partial charge in [-0.15, -0.1) is 0 Å². The highest BCUT2D eigenvalue weighted by Crippen LogP contribution is 2.30. The third-order valence-electron chi connectivity index (χ3n) is 5.07.